The number of hydrogen-bond donors (Lipinski definition) is 0. The van der Waals surface area contributed by atoms with Gasteiger partial charge in [0, 0.05) is 0 Å². The van der Waals surface area contributed by atoms with Gasteiger partial charge in [0.15, 0.2) is 0 Å². The van der Waals surface area contributed by atoms with Crippen molar-refractivity contribution in [3.63, 3.8) is 0 Å². The number of carbonyl (C=O) groups is 2. The maximum Gasteiger partial charge on any atom is 0.375 e. The highest BCUT2D eigenvalue weighted by Gasteiger charge is 2.20. The average molecular weight is 141 g/mol. The van der Waals surface area contributed by atoms with Gasteiger partial charge in [-0.2, -0.15) is 5.26 Å². The predicted octanol–water partition coefficient (Wildman–Crippen LogP) is -0.112. The average Bonchev–Trinajstić information content (AvgIpc) is 2.00. The molecule has 4 nitrogen and oxygen atoms in total. The first-order chi connectivity index (χ1) is 4.63. The summed E-state index contributed by atoms with van der Waals surface area (Å²) in [4.78, 5) is 21.0. The molecule has 0 saturated heterocycles. The van der Waals surface area contributed by atoms with E-state index in [2.05, 4.69) is 4.74 Å². The van der Waals surface area contributed by atoms with Crippen LogP contribution in [0, 0.1) is 17.2 Å². The first-order valence-corrected chi connectivity index (χ1v) is 2.65. The van der Waals surface area contributed by atoms with Crippen molar-refractivity contribution in [2.75, 3.05) is 7.11 Å². The molecule has 0 heterocycles. The zero-order chi connectivity index (χ0) is 8.15. The summed E-state index contributed by atoms with van der Waals surface area (Å²) in [6, 6.07) is 1.63. The van der Waals surface area contributed by atoms with Gasteiger partial charge in [0.2, 0.25) is 0 Å². The standard InChI is InChI=1S/C6H7NO3/c1-4(3-7)5(8)6(9)10-2/h4H,1-2H3. The molecular weight excluding hydrogens is 134 g/mol. The molecule has 10 heavy (non-hydrogen) atoms. The summed E-state index contributed by atoms with van der Waals surface area (Å²) in [7, 11) is 1.10. The molecule has 0 aromatic heterocycles. The monoisotopic (exact) mass is 141 g/mol. The number of rotatable bonds is 2. The van der Waals surface area contributed by atoms with Crippen LogP contribution in [0.25, 0.3) is 0 Å². The minimum Gasteiger partial charge on any atom is -0.463 e. The summed E-state index contributed by atoms with van der Waals surface area (Å²) in [6.45, 7) is 1.35. The van der Waals surface area contributed by atoms with Gasteiger partial charge in [-0.15, -0.1) is 0 Å². The molecule has 54 valence electrons. The molecule has 0 saturated carbocycles. The lowest BCUT2D eigenvalue weighted by Gasteiger charge is -1.96. The van der Waals surface area contributed by atoms with Gasteiger partial charge in [0.05, 0.1) is 13.2 Å². The van der Waals surface area contributed by atoms with E-state index >= 15 is 0 Å². The van der Waals surface area contributed by atoms with Crippen molar-refractivity contribution in [3.8, 4) is 6.07 Å². The largest absolute Gasteiger partial charge is 0.463 e. The highest BCUT2D eigenvalue weighted by atomic mass is 16.5. The number of esters is 1. The SMILES string of the molecule is COC(=O)C(=O)C(C)C#N. The van der Waals surface area contributed by atoms with E-state index < -0.39 is 17.7 Å². The van der Waals surface area contributed by atoms with Crippen molar-refractivity contribution in [1.82, 2.24) is 0 Å². The lowest BCUT2D eigenvalue weighted by atomic mass is 10.1. The van der Waals surface area contributed by atoms with Crippen molar-refractivity contribution >= 4 is 11.8 Å². The molecule has 0 spiro atoms. The Hall–Kier alpha value is -1.37. The van der Waals surface area contributed by atoms with Crippen LogP contribution in [0.15, 0.2) is 0 Å². The summed E-state index contributed by atoms with van der Waals surface area (Å²) in [6.07, 6.45) is 0. The van der Waals surface area contributed by atoms with Gasteiger partial charge in [0.1, 0.15) is 5.92 Å². The van der Waals surface area contributed by atoms with Crippen LogP contribution in [0.4, 0.5) is 0 Å². The van der Waals surface area contributed by atoms with Crippen molar-refractivity contribution < 1.29 is 14.3 Å². The summed E-state index contributed by atoms with van der Waals surface area (Å²) in [5, 5.41) is 8.17. The zero-order valence-corrected chi connectivity index (χ0v) is 5.75. The van der Waals surface area contributed by atoms with Crippen LogP contribution in [0.3, 0.4) is 0 Å². The van der Waals surface area contributed by atoms with E-state index in [0.29, 0.717) is 0 Å². The summed E-state index contributed by atoms with van der Waals surface area (Å²) in [5.74, 6) is -2.67. The van der Waals surface area contributed by atoms with Gasteiger partial charge in [0.25, 0.3) is 5.78 Å². The van der Waals surface area contributed by atoms with Crippen LogP contribution < -0.4 is 0 Å². The molecule has 1 unspecified atom stereocenters. The molecule has 0 rings (SSSR count). The topological polar surface area (TPSA) is 67.2 Å². The molecule has 0 aromatic rings. The highest BCUT2D eigenvalue weighted by molar-refractivity contribution is 6.34. The summed E-state index contributed by atoms with van der Waals surface area (Å²) in [5.41, 5.74) is 0. The molecule has 4 heteroatoms. The number of carbonyl (C=O) groups excluding carboxylic acids is 2. The maximum absolute atomic E-state index is 10.6. The summed E-state index contributed by atoms with van der Waals surface area (Å²) < 4.78 is 4.10. The minimum absolute atomic E-state index is 0.801. The van der Waals surface area contributed by atoms with E-state index in [9.17, 15) is 9.59 Å². The van der Waals surface area contributed by atoms with E-state index in [1.54, 1.807) is 6.07 Å². The third-order valence-electron chi connectivity index (χ3n) is 0.974. The fraction of sp³-hybridized carbons (Fsp3) is 0.500. The van der Waals surface area contributed by atoms with Crippen LogP contribution in [0.5, 0.6) is 0 Å². The Labute approximate surface area is 58.4 Å². The molecule has 0 bridgehead atoms. The lowest BCUT2D eigenvalue weighted by Crippen LogP contribution is -2.21. The van der Waals surface area contributed by atoms with E-state index in [-0.39, 0.29) is 0 Å². The molecule has 0 aliphatic heterocycles. The third kappa shape index (κ3) is 1.86. The van der Waals surface area contributed by atoms with Gasteiger partial charge in [-0.05, 0) is 6.92 Å². The smallest absolute Gasteiger partial charge is 0.375 e. The van der Waals surface area contributed by atoms with Crippen LogP contribution in [0.2, 0.25) is 0 Å². The second-order valence-electron chi connectivity index (χ2n) is 1.71. The quantitative estimate of drug-likeness (QED) is 0.397. The summed E-state index contributed by atoms with van der Waals surface area (Å²) >= 11 is 0. The Bertz CT molecular complexity index is 192. The number of hydrogen-bond acceptors (Lipinski definition) is 4. The first kappa shape index (κ1) is 8.63. The van der Waals surface area contributed by atoms with Crippen molar-refractivity contribution in [1.29, 1.82) is 5.26 Å². The number of methoxy groups -OCH3 is 1. The molecule has 0 N–H and O–H groups in total. The second kappa shape index (κ2) is 3.62. The molecule has 0 fully saturated rings. The van der Waals surface area contributed by atoms with Gasteiger partial charge in [-0.3, -0.25) is 4.79 Å². The first-order valence-electron chi connectivity index (χ1n) is 2.65. The lowest BCUT2D eigenvalue weighted by molar-refractivity contribution is -0.152. The Balaban J connectivity index is 4.12. The molecule has 0 radical (unpaired) electrons. The number of ketones is 1. The van der Waals surface area contributed by atoms with Crippen molar-refractivity contribution in [2.45, 2.75) is 6.92 Å². The van der Waals surface area contributed by atoms with Crippen molar-refractivity contribution in [3.05, 3.63) is 0 Å². The Morgan fingerprint density at radius 3 is 2.40 bits per heavy atom. The van der Waals surface area contributed by atoms with E-state index in [1.165, 1.54) is 6.92 Å². The van der Waals surface area contributed by atoms with Crippen LogP contribution in [-0.4, -0.2) is 18.9 Å². The molecule has 0 amide bonds. The minimum atomic E-state index is -0.964. The maximum atomic E-state index is 10.6. The zero-order valence-electron chi connectivity index (χ0n) is 5.75. The van der Waals surface area contributed by atoms with E-state index in [4.69, 9.17) is 5.26 Å². The molecule has 0 aliphatic rings. The van der Waals surface area contributed by atoms with Crippen LogP contribution in [-0.2, 0) is 14.3 Å². The van der Waals surface area contributed by atoms with Gasteiger partial charge in [-0.25, -0.2) is 4.79 Å². The third-order valence-corrected chi connectivity index (χ3v) is 0.974. The van der Waals surface area contributed by atoms with Crippen LogP contribution in [0.1, 0.15) is 6.92 Å². The van der Waals surface area contributed by atoms with E-state index in [1.807, 2.05) is 0 Å². The van der Waals surface area contributed by atoms with Crippen LogP contribution >= 0.6 is 0 Å². The van der Waals surface area contributed by atoms with Crippen molar-refractivity contribution in [2.24, 2.45) is 5.92 Å². The number of nitrogens with zero attached hydrogens (tertiary/aromatic N) is 1. The highest BCUT2D eigenvalue weighted by Crippen LogP contribution is 1.94. The number of nitriles is 1. The Morgan fingerprint density at radius 2 is 2.10 bits per heavy atom. The fourth-order valence-corrected chi connectivity index (χ4v) is 0.336. The second-order valence-corrected chi connectivity index (χ2v) is 1.71. The molecule has 0 aromatic carbocycles. The van der Waals surface area contributed by atoms with Gasteiger partial charge in [-0.1, -0.05) is 0 Å². The Kier molecular flexibility index (Phi) is 3.12. The number of ether oxygens (including phenoxy) is 1. The van der Waals surface area contributed by atoms with Gasteiger partial charge < -0.3 is 4.74 Å². The predicted molar refractivity (Wildman–Crippen MR) is 31.8 cm³/mol. The molecule has 1 atom stereocenters. The Morgan fingerprint density at radius 1 is 1.60 bits per heavy atom. The molecular formula is C6H7NO3. The molecule has 0 aliphatic carbocycles. The number of Topliss-reactive ketones (excluding diaryl/α,β-unsaturated/α-hetero) is 1. The fourth-order valence-electron chi connectivity index (χ4n) is 0.336. The van der Waals surface area contributed by atoms with Gasteiger partial charge >= 0.3 is 5.97 Å². The van der Waals surface area contributed by atoms with E-state index in [0.717, 1.165) is 7.11 Å². The normalized spacial score (nSPS) is 11.3.